The highest BCUT2D eigenvalue weighted by Crippen LogP contribution is 2.22. The number of hydrogen-bond acceptors (Lipinski definition) is 3. The standard InChI is InChI=1S/C11H12F2N2O3/c1-3-14(4-2)11(16)7-5-10(15(17)18)9(13)6-8(7)12/h5-6H,3-4H2,1-2H3. The Morgan fingerprint density at radius 2 is 1.83 bits per heavy atom. The fraction of sp³-hybridized carbons (Fsp3) is 0.364. The van der Waals surface area contributed by atoms with Crippen molar-refractivity contribution in [3.05, 3.63) is 39.4 Å². The molecule has 0 bridgehead atoms. The predicted octanol–water partition coefficient (Wildman–Crippen LogP) is 2.36. The summed E-state index contributed by atoms with van der Waals surface area (Å²) in [7, 11) is 0. The third-order valence-corrected chi connectivity index (χ3v) is 2.51. The molecule has 0 aliphatic rings. The van der Waals surface area contributed by atoms with Crippen molar-refractivity contribution in [2.75, 3.05) is 13.1 Å². The molecule has 0 aromatic heterocycles. The van der Waals surface area contributed by atoms with E-state index in [1.54, 1.807) is 13.8 Å². The molecule has 1 aromatic carbocycles. The van der Waals surface area contributed by atoms with Gasteiger partial charge in [-0.2, -0.15) is 4.39 Å². The number of halogens is 2. The Hall–Kier alpha value is -2.05. The first-order valence-corrected chi connectivity index (χ1v) is 5.35. The van der Waals surface area contributed by atoms with Crippen LogP contribution in [0.15, 0.2) is 12.1 Å². The lowest BCUT2D eigenvalue weighted by molar-refractivity contribution is -0.387. The van der Waals surface area contributed by atoms with Gasteiger partial charge in [0.25, 0.3) is 5.91 Å². The van der Waals surface area contributed by atoms with Gasteiger partial charge in [-0.15, -0.1) is 0 Å². The molecule has 5 nitrogen and oxygen atoms in total. The number of hydrogen-bond donors (Lipinski definition) is 0. The van der Waals surface area contributed by atoms with E-state index >= 15 is 0 Å². The Morgan fingerprint density at radius 3 is 2.28 bits per heavy atom. The molecular formula is C11H12F2N2O3. The lowest BCUT2D eigenvalue weighted by atomic mass is 10.1. The first-order chi connectivity index (χ1) is 8.42. The minimum atomic E-state index is -1.30. The number of nitrogens with zero attached hydrogens (tertiary/aromatic N) is 2. The molecule has 0 aliphatic heterocycles. The van der Waals surface area contributed by atoms with Crippen molar-refractivity contribution in [3.63, 3.8) is 0 Å². The molecule has 0 spiro atoms. The van der Waals surface area contributed by atoms with E-state index in [0.717, 1.165) is 0 Å². The van der Waals surface area contributed by atoms with Gasteiger partial charge >= 0.3 is 5.69 Å². The topological polar surface area (TPSA) is 63.5 Å². The predicted molar refractivity (Wildman–Crippen MR) is 60.3 cm³/mol. The average Bonchev–Trinajstić information content (AvgIpc) is 2.29. The Bertz CT molecular complexity index is 487. The van der Waals surface area contributed by atoms with Crippen LogP contribution in [0.3, 0.4) is 0 Å². The fourth-order valence-electron chi connectivity index (χ4n) is 1.52. The van der Waals surface area contributed by atoms with E-state index in [1.165, 1.54) is 4.90 Å². The summed E-state index contributed by atoms with van der Waals surface area (Å²) in [5, 5.41) is 10.5. The molecular weight excluding hydrogens is 246 g/mol. The van der Waals surface area contributed by atoms with Gasteiger partial charge in [0.2, 0.25) is 5.82 Å². The van der Waals surface area contributed by atoms with Crippen molar-refractivity contribution in [3.8, 4) is 0 Å². The largest absolute Gasteiger partial charge is 0.339 e. The Labute approximate surface area is 102 Å². The summed E-state index contributed by atoms with van der Waals surface area (Å²) in [6.07, 6.45) is 0. The molecule has 1 amide bonds. The maximum atomic E-state index is 13.5. The number of amides is 1. The molecule has 0 radical (unpaired) electrons. The van der Waals surface area contributed by atoms with Crippen molar-refractivity contribution in [1.82, 2.24) is 4.90 Å². The van der Waals surface area contributed by atoms with E-state index in [9.17, 15) is 23.7 Å². The number of carbonyl (C=O) groups is 1. The SMILES string of the molecule is CCN(CC)C(=O)c1cc([N+](=O)[O-])c(F)cc1F. The summed E-state index contributed by atoms with van der Waals surface area (Å²) < 4.78 is 26.6. The molecule has 0 N–H and O–H groups in total. The summed E-state index contributed by atoms with van der Waals surface area (Å²) >= 11 is 0. The van der Waals surface area contributed by atoms with E-state index in [2.05, 4.69) is 0 Å². The van der Waals surface area contributed by atoms with Crippen LogP contribution in [-0.4, -0.2) is 28.8 Å². The molecule has 0 saturated heterocycles. The van der Waals surface area contributed by atoms with Crippen molar-refractivity contribution in [1.29, 1.82) is 0 Å². The van der Waals surface area contributed by atoms with Crippen LogP contribution < -0.4 is 0 Å². The normalized spacial score (nSPS) is 10.2. The molecule has 0 heterocycles. The zero-order valence-electron chi connectivity index (χ0n) is 9.94. The Kier molecular flexibility index (Phi) is 4.30. The molecule has 1 aromatic rings. The summed E-state index contributed by atoms with van der Waals surface area (Å²) in [6.45, 7) is 4.05. The van der Waals surface area contributed by atoms with E-state index in [1.807, 2.05) is 0 Å². The molecule has 0 unspecified atom stereocenters. The van der Waals surface area contributed by atoms with Crippen LogP contribution in [0.1, 0.15) is 24.2 Å². The summed E-state index contributed by atoms with van der Waals surface area (Å²) in [6, 6.07) is 0.986. The first kappa shape index (κ1) is 14.0. The maximum absolute atomic E-state index is 13.5. The van der Waals surface area contributed by atoms with Crippen molar-refractivity contribution < 1.29 is 18.5 Å². The van der Waals surface area contributed by atoms with Crippen molar-refractivity contribution >= 4 is 11.6 Å². The molecule has 0 saturated carbocycles. The third kappa shape index (κ3) is 2.61. The second-order valence-electron chi connectivity index (χ2n) is 3.52. The van der Waals surface area contributed by atoms with Gasteiger partial charge in [-0.05, 0) is 13.8 Å². The van der Waals surface area contributed by atoms with Crippen LogP contribution in [0.2, 0.25) is 0 Å². The third-order valence-electron chi connectivity index (χ3n) is 2.51. The highest BCUT2D eigenvalue weighted by atomic mass is 19.1. The second-order valence-corrected chi connectivity index (χ2v) is 3.52. The fourth-order valence-corrected chi connectivity index (χ4v) is 1.52. The minimum Gasteiger partial charge on any atom is -0.339 e. The van der Waals surface area contributed by atoms with E-state index in [4.69, 9.17) is 0 Å². The Balaban J connectivity index is 3.28. The van der Waals surface area contributed by atoms with Crippen LogP contribution in [0.5, 0.6) is 0 Å². The highest BCUT2D eigenvalue weighted by molar-refractivity contribution is 5.95. The maximum Gasteiger partial charge on any atom is 0.305 e. The van der Waals surface area contributed by atoms with Crippen LogP contribution in [0, 0.1) is 21.7 Å². The van der Waals surface area contributed by atoms with E-state index in [-0.39, 0.29) is 0 Å². The summed E-state index contributed by atoms with van der Waals surface area (Å²) in [5.41, 5.74) is -1.40. The van der Waals surface area contributed by atoms with Crippen LogP contribution in [0.4, 0.5) is 14.5 Å². The van der Waals surface area contributed by atoms with Crippen LogP contribution in [0.25, 0.3) is 0 Å². The van der Waals surface area contributed by atoms with Gasteiger partial charge in [0.1, 0.15) is 5.82 Å². The monoisotopic (exact) mass is 258 g/mol. The van der Waals surface area contributed by atoms with E-state index in [0.29, 0.717) is 25.2 Å². The average molecular weight is 258 g/mol. The number of rotatable bonds is 4. The summed E-state index contributed by atoms with van der Waals surface area (Å²) in [5.74, 6) is -3.09. The molecule has 98 valence electrons. The van der Waals surface area contributed by atoms with Gasteiger partial charge in [0.05, 0.1) is 10.5 Å². The quantitative estimate of drug-likeness (QED) is 0.615. The minimum absolute atomic E-state index is 0.333. The summed E-state index contributed by atoms with van der Waals surface area (Å²) in [4.78, 5) is 22.7. The smallest absolute Gasteiger partial charge is 0.305 e. The van der Waals surface area contributed by atoms with Crippen LogP contribution in [-0.2, 0) is 0 Å². The zero-order valence-corrected chi connectivity index (χ0v) is 9.94. The Morgan fingerprint density at radius 1 is 1.28 bits per heavy atom. The number of nitro benzene ring substituents is 1. The molecule has 1 rings (SSSR count). The van der Waals surface area contributed by atoms with Crippen LogP contribution >= 0.6 is 0 Å². The lowest BCUT2D eigenvalue weighted by Gasteiger charge is -2.18. The van der Waals surface area contributed by atoms with Gasteiger partial charge in [0.15, 0.2) is 0 Å². The number of carbonyl (C=O) groups excluding carboxylic acids is 1. The first-order valence-electron chi connectivity index (χ1n) is 5.35. The van der Waals surface area contributed by atoms with Crippen molar-refractivity contribution in [2.45, 2.75) is 13.8 Å². The molecule has 7 heteroatoms. The molecule has 18 heavy (non-hydrogen) atoms. The molecule has 0 aliphatic carbocycles. The van der Waals surface area contributed by atoms with E-state index < -0.39 is 33.7 Å². The highest BCUT2D eigenvalue weighted by Gasteiger charge is 2.24. The molecule has 0 fully saturated rings. The molecule has 0 atom stereocenters. The van der Waals surface area contributed by atoms with Gasteiger partial charge in [-0.3, -0.25) is 14.9 Å². The van der Waals surface area contributed by atoms with Gasteiger partial charge in [-0.25, -0.2) is 4.39 Å². The lowest BCUT2D eigenvalue weighted by Crippen LogP contribution is -2.31. The number of benzene rings is 1. The second kappa shape index (κ2) is 5.52. The van der Waals surface area contributed by atoms with Gasteiger partial charge in [0, 0.05) is 25.2 Å². The van der Waals surface area contributed by atoms with Gasteiger partial charge < -0.3 is 4.90 Å². The van der Waals surface area contributed by atoms with Gasteiger partial charge in [-0.1, -0.05) is 0 Å². The number of nitro groups is 1. The van der Waals surface area contributed by atoms with Crippen molar-refractivity contribution in [2.24, 2.45) is 0 Å². The zero-order chi connectivity index (χ0) is 13.9.